The molecule has 0 fully saturated rings. The molecular formula is C16H15NS2. The summed E-state index contributed by atoms with van der Waals surface area (Å²) in [6.45, 7) is 0. The Bertz CT molecular complexity index is 543. The van der Waals surface area contributed by atoms with Crippen molar-refractivity contribution >= 4 is 34.8 Å². The zero-order valence-electron chi connectivity index (χ0n) is 10.6. The van der Waals surface area contributed by atoms with Crippen molar-refractivity contribution in [3.8, 4) is 0 Å². The summed E-state index contributed by atoms with van der Waals surface area (Å²) in [4.78, 5) is 5.21. The standard InChI is InChI=1S/C16H15NS2/c18-13-17-15-8-10-16(11-9-15)19-12-4-7-14-5-2-1-3-6-14/h1-3,5-6,8-11H,4,7,12H2. The van der Waals surface area contributed by atoms with Crippen LogP contribution in [0.4, 0.5) is 5.69 Å². The van der Waals surface area contributed by atoms with Crippen LogP contribution in [0.3, 0.4) is 0 Å². The Hall–Kier alpha value is -1.41. The molecule has 0 N–H and O–H groups in total. The minimum absolute atomic E-state index is 0.864. The van der Waals surface area contributed by atoms with E-state index in [-0.39, 0.29) is 0 Å². The SMILES string of the molecule is S=C=Nc1ccc(SCCCc2ccccc2)cc1. The summed E-state index contributed by atoms with van der Waals surface area (Å²) in [5, 5.41) is 2.38. The summed E-state index contributed by atoms with van der Waals surface area (Å²) < 4.78 is 0. The van der Waals surface area contributed by atoms with Crippen molar-refractivity contribution in [2.45, 2.75) is 17.7 Å². The lowest BCUT2D eigenvalue weighted by atomic mass is 10.1. The van der Waals surface area contributed by atoms with Gasteiger partial charge in [0.05, 0.1) is 10.8 Å². The number of aryl methyl sites for hydroxylation is 1. The first-order valence-electron chi connectivity index (χ1n) is 6.23. The molecule has 0 aliphatic carbocycles. The first kappa shape index (κ1) is 14.0. The van der Waals surface area contributed by atoms with Gasteiger partial charge in [0.2, 0.25) is 0 Å². The fourth-order valence-corrected chi connectivity index (χ4v) is 2.74. The topological polar surface area (TPSA) is 12.4 Å². The van der Waals surface area contributed by atoms with Crippen LogP contribution in [0.5, 0.6) is 0 Å². The molecule has 0 saturated heterocycles. The average molecular weight is 285 g/mol. The fourth-order valence-electron chi connectivity index (χ4n) is 1.78. The van der Waals surface area contributed by atoms with Crippen LogP contribution >= 0.6 is 24.0 Å². The molecular weight excluding hydrogens is 270 g/mol. The Kier molecular flexibility index (Phi) is 5.83. The van der Waals surface area contributed by atoms with Crippen LogP contribution in [0, 0.1) is 0 Å². The van der Waals surface area contributed by atoms with E-state index in [0.29, 0.717) is 0 Å². The molecule has 2 aromatic rings. The second-order valence-electron chi connectivity index (χ2n) is 4.13. The highest BCUT2D eigenvalue weighted by molar-refractivity contribution is 7.99. The number of thioether (sulfide) groups is 1. The second-order valence-corrected chi connectivity index (χ2v) is 5.49. The Morgan fingerprint density at radius 3 is 2.42 bits per heavy atom. The average Bonchev–Trinajstić information content (AvgIpc) is 2.47. The predicted molar refractivity (Wildman–Crippen MR) is 86.6 cm³/mol. The van der Waals surface area contributed by atoms with E-state index >= 15 is 0 Å². The van der Waals surface area contributed by atoms with Crippen LogP contribution in [-0.4, -0.2) is 10.9 Å². The van der Waals surface area contributed by atoms with Crippen molar-refractivity contribution in [2.24, 2.45) is 4.99 Å². The monoisotopic (exact) mass is 285 g/mol. The third kappa shape index (κ3) is 4.99. The molecule has 0 radical (unpaired) electrons. The Balaban J connectivity index is 1.75. The first-order valence-corrected chi connectivity index (χ1v) is 7.62. The molecule has 0 bridgehead atoms. The fraction of sp³-hybridized carbons (Fsp3) is 0.188. The van der Waals surface area contributed by atoms with E-state index in [4.69, 9.17) is 0 Å². The lowest BCUT2D eigenvalue weighted by Crippen LogP contribution is -1.87. The maximum Gasteiger partial charge on any atom is 0.0740 e. The summed E-state index contributed by atoms with van der Waals surface area (Å²) in [6, 6.07) is 18.7. The Labute approximate surface area is 123 Å². The van der Waals surface area contributed by atoms with E-state index in [9.17, 15) is 0 Å². The second kappa shape index (κ2) is 7.90. The van der Waals surface area contributed by atoms with Crippen LogP contribution in [0.15, 0.2) is 64.5 Å². The number of isothiocyanates is 1. The smallest absolute Gasteiger partial charge is 0.0740 e. The minimum atomic E-state index is 0.864. The molecule has 96 valence electrons. The van der Waals surface area contributed by atoms with Crippen molar-refractivity contribution in [3.05, 3.63) is 60.2 Å². The Morgan fingerprint density at radius 2 is 1.74 bits per heavy atom. The molecule has 2 rings (SSSR count). The van der Waals surface area contributed by atoms with Gasteiger partial charge in [-0.15, -0.1) is 11.8 Å². The lowest BCUT2D eigenvalue weighted by molar-refractivity contribution is 0.933. The van der Waals surface area contributed by atoms with Crippen molar-refractivity contribution in [1.82, 2.24) is 0 Å². The normalized spacial score (nSPS) is 9.89. The maximum absolute atomic E-state index is 4.58. The summed E-state index contributed by atoms with van der Waals surface area (Å²) in [5.41, 5.74) is 2.28. The number of aliphatic imine (C=N–C) groups is 1. The molecule has 0 atom stereocenters. The van der Waals surface area contributed by atoms with Gasteiger partial charge in [-0.25, -0.2) is 0 Å². The van der Waals surface area contributed by atoms with E-state index in [2.05, 4.69) is 64.8 Å². The molecule has 19 heavy (non-hydrogen) atoms. The van der Waals surface area contributed by atoms with Crippen LogP contribution in [0.2, 0.25) is 0 Å². The molecule has 0 saturated carbocycles. The maximum atomic E-state index is 4.58. The Morgan fingerprint density at radius 1 is 1.00 bits per heavy atom. The summed E-state index contributed by atoms with van der Waals surface area (Å²) >= 11 is 6.46. The van der Waals surface area contributed by atoms with Crippen LogP contribution < -0.4 is 0 Å². The van der Waals surface area contributed by atoms with Crippen molar-refractivity contribution in [3.63, 3.8) is 0 Å². The lowest BCUT2D eigenvalue weighted by Gasteiger charge is -2.02. The molecule has 0 aliphatic heterocycles. The highest BCUT2D eigenvalue weighted by Gasteiger charge is 1.96. The zero-order valence-corrected chi connectivity index (χ0v) is 12.2. The molecule has 0 aliphatic rings. The number of benzene rings is 2. The number of hydrogen-bond acceptors (Lipinski definition) is 3. The number of hydrogen-bond donors (Lipinski definition) is 0. The third-order valence-corrected chi connectivity index (χ3v) is 3.92. The van der Waals surface area contributed by atoms with Gasteiger partial charge < -0.3 is 0 Å². The first-order chi connectivity index (χ1) is 9.38. The van der Waals surface area contributed by atoms with Crippen LogP contribution in [0.25, 0.3) is 0 Å². The van der Waals surface area contributed by atoms with Gasteiger partial charge in [-0.2, -0.15) is 4.99 Å². The van der Waals surface area contributed by atoms with Gasteiger partial charge >= 0.3 is 0 Å². The van der Waals surface area contributed by atoms with Gasteiger partial charge in [-0.1, -0.05) is 30.3 Å². The summed E-state index contributed by atoms with van der Waals surface area (Å²) in [7, 11) is 0. The van der Waals surface area contributed by atoms with Gasteiger partial charge in [0, 0.05) is 4.90 Å². The van der Waals surface area contributed by atoms with E-state index in [1.807, 2.05) is 23.9 Å². The van der Waals surface area contributed by atoms with Crippen molar-refractivity contribution in [2.75, 3.05) is 5.75 Å². The van der Waals surface area contributed by atoms with E-state index < -0.39 is 0 Å². The highest BCUT2D eigenvalue weighted by atomic mass is 32.2. The van der Waals surface area contributed by atoms with Gasteiger partial charge in [0.15, 0.2) is 0 Å². The third-order valence-electron chi connectivity index (χ3n) is 2.73. The zero-order chi connectivity index (χ0) is 13.3. The number of thiocarbonyl (C=S) groups is 1. The number of nitrogens with zero attached hydrogens (tertiary/aromatic N) is 1. The molecule has 3 heteroatoms. The predicted octanol–water partition coefficient (Wildman–Crippen LogP) is 5.15. The quantitative estimate of drug-likeness (QED) is 0.315. The molecule has 0 heterocycles. The largest absolute Gasteiger partial charge is 0.195 e. The molecule has 0 spiro atoms. The summed E-state index contributed by atoms with van der Waals surface area (Å²) in [6.07, 6.45) is 2.33. The van der Waals surface area contributed by atoms with E-state index in [1.54, 1.807) is 0 Å². The van der Waals surface area contributed by atoms with Crippen molar-refractivity contribution in [1.29, 1.82) is 0 Å². The number of rotatable bonds is 6. The van der Waals surface area contributed by atoms with Crippen LogP contribution in [0.1, 0.15) is 12.0 Å². The molecule has 0 amide bonds. The van der Waals surface area contributed by atoms with Crippen molar-refractivity contribution < 1.29 is 0 Å². The minimum Gasteiger partial charge on any atom is -0.195 e. The van der Waals surface area contributed by atoms with Gasteiger partial charge in [0.1, 0.15) is 0 Å². The van der Waals surface area contributed by atoms with E-state index in [1.165, 1.54) is 16.9 Å². The molecule has 1 nitrogen and oxygen atoms in total. The summed E-state index contributed by atoms with van der Waals surface area (Å²) in [5.74, 6) is 1.13. The van der Waals surface area contributed by atoms with Gasteiger partial charge in [-0.05, 0) is 60.6 Å². The molecule has 2 aromatic carbocycles. The van der Waals surface area contributed by atoms with E-state index in [0.717, 1.165) is 17.9 Å². The highest BCUT2D eigenvalue weighted by Crippen LogP contribution is 2.22. The van der Waals surface area contributed by atoms with Gasteiger partial charge in [0.25, 0.3) is 0 Å². The van der Waals surface area contributed by atoms with Crippen LogP contribution in [-0.2, 0) is 6.42 Å². The molecule has 0 aromatic heterocycles. The van der Waals surface area contributed by atoms with Gasteiger partial charge in [-0.3, -0.25) is 0 Å². The molecule has 0 unspecified atom stereocenters.